The van der Waals surface area contributed by atoms with Crippen LogP contribution in [0.15, 0.2) is 42.5 Å². The lowest BCUT2D eigenvalue weighted by atomic mass is 10.1. The van der Waals surface area contributed by atoms with Gasteiger partial charge in [0.2, 0.25) is 5.91 Å². The van der Waals surface area contributed by atoms with E-state index in [1.807, 2.05) is 6.07 Å². The van der Waals surface area contributed by atoms with Gasteiger partial charge >= 0.3 is 5.97 Å². The van der Waals surface area contributed by atoms with Gasteiger partial charge in [-0.2, -0.15) is 0 Å². The average Bonchev–Trinajstić information content (AvgIpc) is 2.62. The molecule has 0 aromatic heterocycles. The predicted octanol–water partition coefficient (Wildman–Crippen LogP) is 2.19. The molecule has 0 unspecified atom stereocenters. The molecule has 1 atom stereocenters. The molecule has 2 aromatic rings. The molecule has 2 N–H and O–H groups in total. The average molecular weight is 340 g/mol. The summed E-state index contributed by atoms with van der Waals surface area (Å²) in [6.07, 6.45) is -0.0401. The number of carbonyl (C=O) groups is 2. The van der Waals surface area contributed by atoms with Crippen molar-refractivity contribution in [1.29, 1.82) is 0 Å². The molecule has 0 bridgehead atoms. The summed E-state index contributed by atoms with van der Waals surface area (Å²) in [5.74, 6) is 0.934. The van der Waals surface area contributed by atoms with E-state index in [1.54, 1.807) is 36.4 Å². The maximum Gasteiger partial charge on any atom is 0.334 e. The molecule has 2 aromatic carbocycles. The molecule has 0 aliphatic carbocycles. The molecule has 0 fully saturated rings. The summed E-state index contributed by atoms with van der Waals surface area (Å²) in [6.45, 7) is 0.983. The SMILES string of the molecule is O=C(C[C@@H]1Nc2ccccc2OC1=O)Nc1ccc2c(c1)OCCO2. The fraction of sp³-hybridized carbons (Fsp3) is 0.222. The van der Waals surface area contributed by atoms with Crippen molar-refractivity contribution in [1.82, 2.24) is 0 Å². The van der Waals surface area contributed by atoms with Crippen molar-refractivity contribution in [2.45, 2.75) is 12.5 Å². The number of fused-ring (bicyclic) bond motifs is 2. The Bertz CT molecular complexity index is 836. The molecule has 0 saturated heterocycles. The summed E-state index contributed by atoms with van der Waals surface area (Å²) in [7, 11) is 0. The van der Waals surface area contributed by atoms with Crippen molar-refractivity contribution in [2.24, 2.45) is 0 Å². The third kappa shape index (κ3) is 3.21. The van der Waals surface area contributed by atoms with Crippen LogP contribution in [0, 0.1) is 0 Å². The zero-order chi connectivity index (χ0) is 17.2. The van der Waals surface area contributed by atoms with E-state index in [2.05, 4.69) is 10.6 Å². The Hall–Kier alpha value is -3.22. The van der Waals surface area contributed by atoms with Crippen LogP contribution < -0.4 is 24.8 Å². The van der Waals surface area contributed by atoms with E-state index in [4.69, 9.17) is 14.2 Å². The number of hydrogen-bond acceptors (Lipinski definition) is 6. The molecule has 2 heterocycles. The molecule has 7 nitrogen and oxygen atoms in total. The van der Waals surface area contributed by atoms with Crippen molar-refractivity contribution in [2.75, 3.05) is 23.8 Å². The Labute approximate surface area is 143 Å². The third-order valence-electron chi connectivity index (χ3n) is 3.93. The van der Waals surface area contributed by atoms with Crippen LogP contribution >= 0.6 is 0 Å². The zero-order valence-corrected chi connectivity index (χ0v) is 13.3. The fourth-order valence-corrected chi connectivity index (χ4v) is 2.75. The minimum absolute atomic E-state index is 0.0401. The number of nitrogens with one attached hydrogen (secondary N) is 2. The number of anilines is 2. The number of amides is 1. The first kappa shape index (κ1) is 15.3. The molecule has 0 saturated carbocycles. The number of esters is 1. The van der Waals surface area contributed by atoms with E-state index in [0.29, 0.717) is 41.8 Å². The van der Waals surface area contributed by atoms with Gasteiger partial charge in [-0.3, -0.25) is 4.79 Å². The van der Waals surface area contributed by atoms with Crippen LogP contribution in [0.5, 0.6) is 17.2 Å². The van der Waals surface area contributed by atoms with E-state index in [-0.39, 0.29) is 12.3 Å². The minimum Gasteiger partial charge on any atom is -0.486 e. The molecule has 128 valence electrons. The smallest absolute Gasteiger partial charge is 0.334 e. The second kappa shape index (κ2) is 6.35. The lowest BCUT2D eigenvalue weighted by Crippen LogP contribution is -2.39. The Morgan fingerprint density at radius 1 is 1.08 bits per heavy atom. The largest absolute Gasteiger partial charge is 0.486 e. The number of benzene rings is 2. The standard InChI is InChI=1S/C18H16N2O5/c21-17(19-11-5-6-15-16(9-11)24-8-7-23-15)10-13-18(22)25-14-4-2-1-3-12(14)20-13/h1-6,9,13,20H,7-8,10H2,(H,19,21)/t13-/m0/s1. The van der Waals surface area contributed by atoms with Gasteiger partial charge in [0.15, 0.2) is 17.2 Å². The number of ether oxygens (including phenoxy) is 3. The van der Waals surface area contributed by atoms with Gasteiger partial charge < -0.3 is 24.8 Å². The van der Waals surface area contributed by atoms with Crippen molar-refractivity contribution < 1.29 is 23.8 Å². The molecular formula is C18H16N2O5. The van der Waals surface area contributed by atoms with Crippen LogP contribution in [0.1, 0.15) is 6.42 Å². The first-order valence-electron chi connectivity index (χ1n) is 7.96. The van der Waals surface area contributed by atoms with Gasteiger partial charge in [0, 0.05) is 11.8 Å². The van der Waals surface area contributed by atoms with E-state index in [9.17, 15) is 9.59 Å². The first-order chi connectivity index (χ1) is 12.2. The monoisotopic (exact) mass is 340 g/mol. The summed E-state index contributed by atoms with van der Waals surface area (Å²) in [4.78, 5) is 24.3. The fourth-order valence-electron chi connectivity index (χ4n) is 2.75. The third-order valence-corrected chi connectivity index (χ3v) is 3.93. The second-order valence-corrected chi connectivity index (χ2v) is 5.72. The maximum atomic E-state index is 12.3. The summed E-state index contributed by atoms with van der Waals surface area (Å²) < 4.78 is 16.2. The van der Waals surface area contributed by atoms with E-state index in [1.165, 1.54) is 0 Å². The lowest BCUT2D eigenvalue weighted by Gasteiger charge is -2.25. The summed E-state index contributed by atoms with van der Waals surface area (Å²) in [6, 6.07) is 11.6. The van der Waals surface area contributed by atoms with Crippen LogP contribution in [0.3, 0.4) is 0 Å². The van der Waals surface area contributed by atoms with Gasteiger partial charge in [-0.25, -0.2) is 4.79 Å². The molecule has 1 amide bonds. The molecule has 25 heavy (non-hydrogen) atoms. The Morgan fingerprint density at radius 3 is 2.76 bits per heavy atom. The van der Waals surface area contributed by atoms with Crippen molar-refractivity contribution in [3.63, 3.8) is 0 Å². The van der Waals surface area contributed by atoms with Crippen LogP contribution in [0.2, 0.25) is 0 Å². The molecule has 7 heteroatoms. The Morgan fingerprint density at radius 2 is 1.88 bits per heavy atom. The van der Waals surface area contributed by atoms with Gasteiger partial charge in [0.1, 0.15) is 19.3 Å². The Balaban J connectivity index is 1.42. The van der Waals surface area contributed by atoms with Crippen molar-refractivity contribution in [3.8, 4) is 17.2 Å². The quantitative estimate of drug-likeness (QED) is 0.658. The summed E-state index contributed by atoms with van der Waals surface area (Å²) in [5.41, 5.74) is 1.28. The highest BCUT2D eigenvalue weighted by atomic mass is 16.6. The van der Waals surface area contributed by atoms with Crippen LogP contribution in [-0.2, 0) is 9.59 Å². The number of rotatable bonds is 3. The van der Waals surface area contributed by atoms with E-state index < -0.39 is 12.0 Å². The van der Waals surface area contributed by atoms with Gasteiger partial charge in [0.05, 0.1) is 12.1 Å². The van der Waals surface area contributed by atoms with Crippen molar-refractivity contribution >= 4 is 23.3 Å². The lowest BCUT2D eigenvalue weighted by molar-refractivity contribution is -0.137. The van der Waals surface area contributed by atoms with Crippen LogP contribution in [-0.4, -0.2) is 31.1 Å². The molecule has 2 aliphatic heterocycles. The summed E-state index contributed by atoms with van der Waals surface area (Å²) in [5, 5.41) is 5.79. The van der Waals surface area contributed by atoms with Gasteiger partial charge in [-0.05, 0) is 24.3 Å². The van der Waals surface area contributed by atoms with Gasteiger partial charge in [-0.1, -0.05) is 12.1 Å². The van der Waals surface area contributed by atoms with E-state index in [0.717, 1.165) is 0 Å². The van der Waals surface area contributed by atoms with Crippen LogP contribution in [0.25, 0.3) is 0 Å². The maximum absolute atomic E-state index is 12.3. The highest BCUT2D eigenvalue weighted by Gasteiger charge is 2.29. The normalized spacial score (nSPS) is 17.8. The molecule has 0 radical (unpaired) electrons. The number of para-hydroxylation sites is 2. The Kier molecular flexibility index (Phi) is 3.89. The molecule has 4 rings (SSSR count). The van der Waals surface area contributed by atoms with E-state index >= 15 is 0 Å². The second-order valence-electron chi connectivity index (χ2n) is 5.72. The zero-order valence-electron chi connectivity index (χ0n) is 13.3. The highest BCUT2D eigenvalue weighted by molar-refractivity contribution is 5.97. The number of hydrogen-bond donors (Lipinski definition) is 2. The molecule has 2 aliphatic rings. The highest BCUT2D eigenvalue weighted by Crippen LogP contribution is 2.33. The first-order valence-corrected chi connectivity index (χ1v) is 7.96. The summed E-state index contributed by atoms with van der Waals surface area (Å²) >= 11 is 0. The minimum atomic E-state index is -0.730. The van der Waals surface area contributed by atoms with Crippen molar-refractivity contribution in [3.05, 3.63) is 42.5 Å². The predicted molar refractivity (Wildman–Crippen MR) is 90.2 cm³/mol. The number of carbonyl (C=O) groups excluding carboxylic acids is 2. The topological polar surface area (TPSA) is 85.9 Å². The van der Waals surface area contributed by atoms with Gasteiger partial charge in [0.25, 0.3) is 0 Å². The van der Waals surface area contributed by atoms with Gasteiger partial charge in [-0.15, -0.1) is 0 Å². The molecule has 0 spiro atoms. The molecular weight excluding hydrogens is 324 g/mol. The van der Waals surface area contributed by atoms with Crippen LogP contribution in [0.4, 0.5) is 11.4 Å².